The molecule has 0 spiro atoms. The van der Waals surface area contributed by atoms with Crippen molar-refractivity contribution in [1.82, 2.24) is 15.1 Å². The van der Waals surface area contributed by atoms with Gasteiger partial charge in [0.05, 0.1) is 23.7 Å². The van der Waals surface area contributed by atoms with Crippen molar-refractivity contribution in [2.45, 2.75) is 19.4 Å². The Bertz CT molecular complexity index is 482. The van der Waals surface area contributed by atoms with Gasteiger partial charge in [-0.1, -0.05) is 5.16 Å². The third-order valence-electron chi connectivity index (χ3n) is 2.15. The highest BCUT2D eigenvalue weighted by molar-refractivity contribution is 7.09. The van der Waals surface area contributed by atoms with Crippen molar-refractivity contribution in [2.24, 2.45) is 5.73 Å². The van der Waals surface area contributed by atoms with E-state index < -0.39 is 0 Å². The number of ether oxygens (including phenoxy) is 1. The molecule has 0 saturated heterocycles. The first-order chi connectivity index (χ1) is 8.19. The molecule has 0 aliphatic rings. The number of rotatable bonds is 5. The van der Waals surface area contributed by atoms with Gasteiger partial charge >= 0.3 is 0 Å². The number of hydrogen-bond donors (Lipinski definition) is 1. The second kappa shape index (κ2) is 5.35. The van der Waals surface area contributed by atoms with Crippen LogP contribution in [-0.2, 0) is 11.2 Å². The van der Waals surface area contributed by atoms with Gasteiger partial charge in [0.2, 0.25) is 5.89 Å². The molecule has 2 N–H and O–H groups in total. The summed E-state index contributed by atoms with van der Waals surface area (Å²) >= 11 is 1.60. The summed E-state index contributed by atoms with van der Waals surface area (Å²) in [6.45, 7) is 2.32. The Morgan fingerprint density at radius 1 is 1.53 bits per heavy atom. The van der Waals surface area contributed by atoms with Gasteiger partial charge in [-0.3, -0.25) is 0 Å². The van der Waals surface area contributed by atoms with Crippen LogP contribution in [-0.4, -0.2) is 28.8 Å². The molecule has 0 aliphatic carbocycles. The van der Waals surface area contributed by atoms with Crippen molar-refractivity contribution in [3.05, 3.63) is 27.8 Å². The highest BCUT2D eigenvalue weighted by Crippen LogP contribution is 2.13. The third kappa shape index (κ3) is 3.09. The summed E-state index contributed by atoms with van der Waals surface area (Å²) in [5.74, 6) is 0.991. The van der Waals surface area contributed by atoms with Gasteiger partial charge < -0.3 is 15.0 Å². The number of thiazole rings is 1. The van der Waals surface area contributed by atoms with Crippen molar-refractivity contribution in [1.29, 1.82) is 0 Å². The first-order valence-electron chi connectivity index (χ1n) is 5.17. The lowest BCUT2D eigenvalue weighted by atomic mass is 10.3. The van der Waals surface area contributed by atoms with Crippen LogP contribution in [0.3, 0.4) is 0 Å². The van der Waals surface area contributed by atoms with E-state index in [2.05, 4.69) is 15.1 Å². The fraction of sp³-hybridized carbons (Fsp3) is 0.500. The number of nitrogens with two attached hydrogens (primary N) is 1. The van der Waals surface area contributed by atoms with E-state index >= 15 is 0 Å². The number of aryl methyl sites for hydroxylation is 1. The minimum Gasteiger partial charge on any atom is -0.383 e. The van der Waals surface area contributed by atoms with Gasteiger partial charge in [-0.25, -0.2) is 4.98 Å². The molecule has 0 saturated carbocycles. The number of hydrogen-bond acceptors (Lipinski definition) is 7. The topological polar surface area (TPSA) is 87.1 Å². The molecule has 92 valence electrons. The smallest absolute Gasteiger partial charge is 0.245 e. The lowest BCUT2D eigenvalue weighted by Gasteiger charge is -2.02. The molecule has 2 aromatic heterocycles. The van der Waals surface area contributed by atoms with Crippen molar-refractivity contribution in [3.8, 4) is 0 Å². The molecule has 0 amide bonds. The van der Waals surface area contributed by atoms with E-state index in [1.54, 1.807) is 18.4 Å². The molecule has 0 aliphatic heterocycles. The highest BCUT2D eigenvalue weighted by atomic mass is 32.1. The summed E-state index contributed by atoms with van der Waals surface area (Å²) < 4.78 is 9.99. The van der Waals surface area contributed by atoms with Gasteiger partial charge in [-0.15, -0.1) is 11.3 Å². The standard InChI is InChI=1S/C10H14N4O2S/c1-6-12-7(5-17-6)3-9-13-10(16-14-9)8(11)4-15-2/h5,8H,3-4,11H2,1-2H3. The number of nitrogens with zero attached hydrogens (tertiary/aromatic N) is 3. The molecule has 0 radical (unpaired) electrons. The molecule has 2 aromatic rings. The van der Waals surface area contributed by atoms with E-state index in [0.717, 1.165) is 10.7 Å². The van der Waals surface area contributed by atoms with Crippen LogP contribution < -0.4 is 5.73 Å². The molecule has 0 aromatic carbocycles. The predicted molar refractivity (Wildman–Crippen MR) is 62.8 cm³/mol. The lowest BCUT2D eigenvalue weighted by molar-refractivity contribution is 0.166. The van der Waals surface area contributed by atoms with Crippen LogP contribution in [0.2, 0.25) is 0 Å². The average molecular weight is 254 g/mol. The predicted octanol–water partition coefficient (Wildman–Crippen LogP) is 1.07. The van der Waals surface area contributed by atoms with Crippen LogP contribution in [0.1, 0.15) is 28.5 Å². The van der Waals surface area contributed by atoms with Gasteiger partial charge in [0.25, 0.3) is 0 Å². The molecule has 1 atom stereocenters. The SMILES string of the molecule is COCC(N)c1nc(Cc2csc(C)n2)no1. The number of methoxy groups -OCH3 is 1. The van der Waals surface area contributed by atoms with Crippen molar-refractivity contribution >= 4 is 11.3 Å². The third-order valence-corrected chi connectivity index (χ3v) is 2.98. The van der Waals surface area contributed by atoms with E-state index in [0.29, 0.717) is 24.7 Å². The highest BCUT2D eigenvalue weighted by Gasteiger charge is 2.15. The van der Waals surface area contributed by atoms with Gasteiger partial charge in [0.15, 0.2) is 5.82 Å². The Labute approximate surface area is 103 Å². The normalized spacial score (nSPS) is 12.9. The molecule has 0 bridgehead atoms. The summed E-state index contributed by atoms with van der Waals surface area (Å²) in [5, 5.41) is 6.88. The summed E-state index contributed by atoms with van der Waals surface area (Å²) in [7, 11) is 1.58. The first-order valence-corrected chi connectivity index (χ1v) is 6.05. The van der Waals surface area contributed by atoms with Crippen LogP contribution in [0.15, 0.2) is 9.90 Å². The van der Waals surface area contributed by atoms with E-state index in [4.69, 9.17) is 15.0 Å². The molecule has 7 heteroatoms. The minimum atomic E-state index is -0.376. The van der Waals surface area contributed by atoms with Crippen LogP contribution in [0, 0.1) is 6.92 Å². The number of aromatic nitrogens is 3. The largest absolute Gasteiger partial charge is 0.383 e. The van der Waals surface area contributed by atoms with E-state index in [9.17, 15) is 0 Å². The zero-order valence-electron chi connectivity index (χ0n) is 9.71. The molecule has 17 heavy (non-hydrogen) atoms. The van der Waals surface area contributed by atoms with Crippen molar-refractivity contribution < 1.29 is 9.26 Å². The summed E-state index contributed by atoms with van der Waals surface area (Å²) in [6, 6.07) is -0.376. The average Bonchev–Trinajstić information content (AvgIpc) is 2.89. The second-order valence-electron chi connectivity index (χ2n) is 3.65. The lowest BCUT2D eigenvalue weighted by Crippen LogP contribution is -2.16. The van der Waals surface area contributed by atoms with E-state index in [1.165, 1.54) is 0 Å². The minimum absolute atomic E-state index is 0.359. The fourth-order valence-electron chi connectivity index (χ4n) is 1.39. The zero-order valence-corrected chi connectivity index (χ0v) is 10.5. The first kappa shape index (κ1) is 12.2. The Hall–Kier alpha value is -1.31. The quantitative estimate of drug-likeness (QED) is 0.858. The molecular formula is C10H14N4O2S. The molecule has 2 heterocycles. The summed E-state index contributed by atoms with van der Waals surface area (Å²) in [5.41, 5.74) is 6.73. The maximum atomic E-state index is 5.78. The monoisotopic (exact) mass is 254 g/mol. The molecule has 2 rings (SSSR count). The Kier molecular flexibility index (Phi) is 3.82. The fourth-order valence-corrected chi connectivity index (χ4v) is 2.00. The van der Waals surface area contributed by atoms with Crippen LogP contribution in [0.25, 0.3) is 0 Å². The zero-order chi connectivity index (χ0) is 12.3. The van der Waals surface area contributed by atoms with E-state index in [-0.39, 0.29) is 6.04 Å². The molecule has 6 nitrogen and oxygen atoms in total. The Balaban J connectivity index is 2.03. The maximum absolute atomic E-state index is 5.78. The van der Waals surface area contributed by atoms with Gasteiger partial charge in [0.1, 0.15) is 6.04 Å². The van der Waals surface area contributed by atoms with Crippen molar-refractivity contribution in [2.75, 3.05) is 13.7 Å². The van der Waals surface area contributed by atoms with Crippen LogP contribution >= 0.6 is 11.3 Å². The molecular weight excluding hydrogens is 240 g/mol. The molecule has 0 fully saturated rings. The summed E-state index contributed by atoms with van der Waals surface area (Å²) in [4.78, 5) is 8.55. The van der Waals surface area contributed by atoms with Gasteiger partial charge in [0, 0.05) is 12.5 Å². The maximum Gasteiger partial charge on any atom is 0.245 e. The van der Waals surface area contributed by atoms with Gasteiger partial charge in [-0.2, -0.15) is 4.98 Å². The van der Waals surface area contributed by atoms with Crippen LogP contribution in [0.5, 0.6) is 0 Å². The van der Waals surface area contributed by atoms with Gasteiger partial charge in [-0.05, 0) is 6.92 Å². The summed E-state index contributed by atoms with van der Waals surface area (Å²) in [6.07, 6.45) is 0.563. The van der Waals surface area contributed by atoms with Crippen molar-refractivity contribution in [3.63, 3.8) is 0 Å². The van der Waals surface area contributed by atoms with E-state index in [1.807, 2.05) is 12.3 Å². The second-order valence-corrected chi connectivity index (χ2v) is 4.71. The Morgan fingerprint density at radius 2 is 2.35 bits per heavy atom. The van der Waals surface area contributed by atoms with Crippen LogP contribution in [0.4, 0.5) is 0 Å². The Morgan fingerprint density at radius 3 is 3.00 bits per heavy atom. The molecule has 1 unspecified atom stereocenters.